The summed E-state index contributed by atoms with van der Waals surface area (Å²) in [5.74, 6) is -2.18. The largest absolute Gasteiger partial charge is 0.482 e. The number of esters is 1. The van der Waals surface area contributed by atoms with Crippen molar-refractivity contribution in [2.75, 3.05) is 19.8 Å². The summed E-state index contributed by atoms with van der Waals surface area (Å²) in [4.78, 5) is 33.6. The summed E-state index contributed by atoms with van der Waals surface area (Å²) >= 11 is 0. The van der Waals surface area contributed by atoms with E-state index in [2.05, 4.69) is 0 Å². The van der Waals surface area contributed by atoms with Gasteiger partial charge in [-0.1, -0.05) is 25.5 Å². The lowest BCUT2D eigenvalue weighted by atomic mass is 10.0. The van der Waals surface area contributed by atoms with Crippen molar-refractivity contribution in [3.63, 3.8) is 0 Å². The molecule has 8 heteroatoms. The number of benzene rings is 2. The summed E-state index contributed by atoms with van der Waals surface area (Å²) in [5, 5.41) is 18.0. The molecule has 2 aromatic carbocycles. The molecule has 0 spiro atoms. The summed E-state index contributed by atoms with van der Waals surface area (Å²) in [7, 11) is 0. The number of rotatable bonds is 11. The Bertz CT molecular complexity index is 857. The van der Waals surface area contributed by atoms with Gasteiger partial charge in [0.2, 0.25) is 0 Å². The molecule has 0 saturated heterocycles. The number of carboxylic acid groups (broad SMARTS) is 2. The number of hydrogen-bond acceptors (Lipinski definition) is 6. The molecule has 0 unspecified atom stereocenters. The van der Waals surface area contributed by atoms with E-state index in [1.54, 1.807) is 30.3 Å². The zero-order chi connectivity index (χ0) is 21.2. The Morgan fingerprint density at radius 3 is 2.17 bits per heavy atom. The van der Waals surface area contributed by atoms with E-state index >= 15 is 0 Å². The molecule has 29 heavy (non-hydrogen) atoms. The number of carbonyl (C=O) groups is 3. The van der Waals surface area contributed by atoms with Crippen LogP contribution in [0, 0.1) is 0 Å². The number of carbonyl (C=O) groups excluding carboxylic acids is 1. The van der Waals surface area contributed by atoms with Gasteiger partial charge >= 0.3 is 17.9 Å². The number of carboxylic acids is 2. The molecule has 0 fully saturated rings. The van der Waals surface area contributed by atoms with E-state index in [0.717, 1.165) is 12.8 Å². The first-order chi connectivity index (χ1) is 13.9. The predicted molar refractivity (Wildman–Crippen MR) is 103 cm³/mol. The van der Waals surface area contributed by atoms with E-state index < -0.39 is 24.5 Å². The third-order valence-electron chi connectivity index (χ3n) is 3.82. The van der Waals surface area contributed by atoms with Crippen LogP contribution in [0.5, 0.6) is 11.5 Å². The van der Waals surface area contributed by atoms with E-state index in [1.165, 1.54) is 12.1 Å². The van der Waals surface area contributed by atoms with Crippen LogP contribution in [0.25, 0.3) is 11.1 Å². The molecule has 0 bridgehead atoms. The number of hydrogen-bond donors (Lipinski definition) is 2. The van der Waals surface area contributed by atoms with Gasteiger partial charge in [0.15, 0.2) is 13.2 Å². The van der Waals surface area contributed by atoms with Crippen LogP contribution < -0.4 is 9.47 Å². The van der Waals surface area contributed by atoms with Gasteiger partial charge in [-0.15, -0.1) is 0 Å². The second-order valence-electron chi connectivity index (χ2n) is 6.12. The minimum Gasteiger partial charge on any atom is -0.482 e. The topological polar surface area (TPSA) is 119 Å². The van der Waals surface area contributed by atoms with E-state index in [4.69, 9.17) is 19.3 Å². The van der Waals surface area contributed by atoms with Crippen molar-refractivity contribution in [3.8, 4) is 22.6 Å². The lowest BCUT2D eigenvalue weighted by Gasteiger charge is -2.10. The first kappa shape index (κ1) is 21.7. The van der Waals surface area contributed by atoms with Crippen molar-refractivity contribution in [2.45, 2.75) is 19.8 Å². The van der Waals surface area contributed by atoms with Gasteiger partial charge in [0.1, 0.15) is 11.5 Å². The molecule has 0 heterocycles. The molecule has 2 rings (SSSR count). The average Bonchev–Trinajstić information content (AvgIpc) is 2.71. The van der Waals surface area contributed by atoms with E-state index in [9.17, 15) is 19.5 Å². The smallest absolute Gasteiger partial charge is 0.344 e. The van der Waals surface area contributed by atoms with E-state index in [1.807, 2.05) is 6.92 Å². The van der Waals surface area contributed by atoms with Gasteiger partial charge in [-0.05, 0) is 47.9 Å². The highest BCUT2D eigenvalue weighted by Gasteiger charge is 2.11. The quantitative estimate of drug-likeness (QED) is 0.434. The summed E-state index contributed by atoms with van der Waals surface area (Å²) in [5.41, 5.74) is 1.18. The van der Waals surface area contributed by atoms with Crippen LogP contribution in [0.15, 0.2) is 42.5 Å². The maximum atomic E-state index is 11.6. The summed E-state index contributed by atoms with van der Waals surface area (Å²) in [6, 6.07) is 10.9. The predicted octanol–water partition coefficient (Wildman–Crippen LogP) is 3.24. The third kappa shape index (κ3) is 7.17. The molecule has 0 aromatic heterocycles. The Kier molecular flexibility index (Phi) is 8.02. The Balaban J connectivity index is 2.08. The normalized spacial score (nSPS) is 10.2. The molecule has 0 amide bonds. The summed E-state index contributed by atoms with van der Waals surface area (Å²) in [6.07, 6.45) is 1.73. The Labute approximate surface area is 167 Å². The number of ether oxygens (including phenoxy) is 3. The molecule has 0 radical (unpaired) electrons. The second-order valence-corrected chi connectivity index (χ2v) is 6.12. The maximum Gasteiger partial charge on any atom is 0.344 e. The molecule has 8 nitrogen and oxygen atoms in total. The minimum absolute atomic E-state index is 0.0296. The SMILES string of the molecule is CCCCOC(=O)COc1ccc(-c2cc(OCC(=O)O)cc(C(=O)O)c2)cc1. The van der Waals surface area contributed by atoms with Crippen LogP contribution in [-0.2, 0) is 14.3 Å². The first-order valence-corrected chi connectivity index (χ1v) is 9.01. The van der Waals surface area contributed by atoms with Gasteiger partial charge in [-0.25, -0.2) is 14.4 Å². The average molecular weight is 402 g/mol. The van der Waals surface area contributed by atoms with Crippen molar-refractivity contribution in [1.82, 2.24) is 0 Å². The molecular formula is C21H22O8. The second kappa shape index (κ2) is 10.7. The molecule has 0 saturated carbocycles. The number of aliphatic carboxylic acids is 1. The van der Waals surface area contributed by atoms with Crippen LogP contribution in [0.1, 0.15) is 30.1 Å². The fraction of sp³-hybridized carbons (Fsp3) is 0.286. The zero-order valence-electron chi connectivity index (χ0n) is 15.9. The van der Waals surface area contributed by atoms with E-state index in [-0.39, 0.29) is 17.9 Å². The fourth-order valence-corrected chi connectivity index (χ4v) is 2.38. The molecule has 0 aliphatic heterocycles. The molecule has 2 N–H and O–H groups in total. The highest BCUT2D eigenvalue weighted by atomic mass is 16.6. The van der Waals surface area contributed by atoms with E-state index in [0.29, 0.717) is 23.5 Å². The van der Waals surface area contributed by atoms with Crippen LogP contribution in [-0.4, -0.2) is 47.9 Å². The molecule has 0 aliphatic carbocycles. The van der Waals surface area contributed by atoms with Crippen molar-refractivity contribution in [1.29, 1.82) is 0 Å². The maximum absolute atomic E-state index is 11.6. The lowest BCUT2D eigenvalue weighted by molar-refractivity contribution is -0.146. The van der Waals surface area contributed by atoms with Crippen LogP contribution in [0.3, 0.4) is 0 Å². The summed E-state index contributed by atoms with van der Waals surface area (Å²) in [6.45, 7) is 1.58. The Morgan fingerprint density at radius 2 is 1.55 bits per heavy atom. The molecule has 2 aromatic rings. The van der Waals surface area contributed by atoms with Gasteiger partial charge in [-0.2, -0.15) is 0 Å². The molecule has 0 atom stereocenters. The zero-order valence-corrected chi connectivity index (χ0v) is 15.9. The van der Waals surface area contributed by atoms with Crippen molar-refractivity contribution in [2.24, 2.45) is 0 Å². The lowest BCUT2D eigenvalue weighted by Crippen LogP contribution is -2.15. The minimum atomic E-state index is -1.16. The van der Waals surface area contributed by atoms with Crippen LogP contribution >= 0.6 is 0 Å². The van der Waals surface area contributed by atoms with Crippen LogP contribution in [0.4, 0.5) is 0 Å². The van der Waals surface area contributed by atoms with Gasteiger partial charge in [0.05, 0.1) is 12.2 Å². The van der Waals surface area contributed by atoms with Gasteiger partial charge < -0.3 is 24.4 Å². The highest BCUT2D eigenvalue weighted by molar-refractivity contribution is 5.90. The summed E-state index contributed by atoms with van der Waals surface area (Å²) < 4.78 is 15.5. The van der Waals surface area contributed by atoms with Crippen molar-refractivity contribution in [3.05, 3.63) is 48.0 Å². The number of aromatic carboxylic acids is 1. The highest BCUT2D eigenvalue weighted by Crippen LogP contribution is 2.28. The van der Waals surface area contributed by atoms with Gasteiger partial charge in [0, 0.05) is 0 Å². The third-order valence-corrected chi connectivity index (χ3v) is 3.82. The van der Waals surface area contributed by atoms with Crippen molar-refractivity contribution < 1.29 is 38.8 Å². The van der Waals surface area contributed by atoms with Crippen molar-refractivity contribution >= 4 is 17.9 Å². The molecule has 0 aliphatic rings. The van der Waals surface area contributed by atoms with Gasteiger partial charge in [-0.3, -0.25) is 0 Å². The Morgan fingerprint density at radius 1 is 0.862 bits per heavy atom. The van der Waals surface area contributed by atoms with Crippen LogP contribution in [0.2, 0.25) is 0 Å². The van der Waals surface area contributed by atoms with Gasteiger partial charge in [0.25, 0.3) is 0 Å². The first-order valence-electron chi connectivity index (χ1n) is 9.01. The molecular weight excluding hydrogens is 380 g/mol. The fourth-order valence-electron chi connectivity index (χ4n) is 2.38. The Hall–Kier alpha value is -3.55. The number of unbranched alkanes of at least 4 members (excludes halogenated alkanes) is 1. The monoisotopic (exact) mass is 402 g/mol. The molecule has 154 valence electrons. The standard InChI is InChI=1S/C21H22O8/c1-2-3-8-27-20(24)13-29-17-6-4-14(5-7-17)15-9-16(21(25)26)11-18(10-15)28-12-19(22)23/h4-7,9-11H,2-3,8,12-13H2,1H3,(H,22,23)(H,25,26).